The number of thioether (sulfide) groups is 1. The van der Waals surface area contributed by atoms with Crippen molar-refractivity contribution in [3.05, 3.63) is 29.4 Å². The molecule has 0 atom stereocenters. The van der Waals surface area contributed by atoms with Crippen LogP contribution in [0.3, 0.4) is 0 Å². The number of carbonyl (C=O) groups is 1. The summed E-state index contributed by atoms with van der Waals surface area (Å²) >= 11 is 7.64. The number of ether oxygens (including phenoxy) is 1. The number of nitrogens with one attached hydrogen (secondary N) is 1. The number of hydrogen-bond donors (Lipinski definition) is 1. The number of hydrogen-bond acceptors (Lipinski definition) is 3. The van der Waals surface area contributed by atoms with E-state index >= 15 is 0 Å². The van der Waals surface area contributed by atoms with E-state index in [-0.39, 0.29) is 5.97 Å². The summed E-state index contributed by atoms with van der Waals surface area (Å²) in [6.45, 7) is 5.62. The van der Waals surface area contributed by atoms with E-state index in [1.807, 2.05) is 45.2 Å². The summed E-state index contributed by atoms with van der Waals surface area (Å²) in [6.07, 6.45) is 2.34. The van der Waals surface area contributed by atoms with Gasteiger partial charge in [-0.2, -0.15) is 0 Å². The molecule has 0 aliphatic carbocycles. The lowest BCUT2D eigenvalue weighted by Gasteiger charge is -2.19. The minimum Gasteiger partial charge on any atom is -0.460 e. The first-order valence-corrected chi connectivity index (χ1v) is 7.83. The molecule has 0 bridgehead atoms. The predicted molar refractivity (Wildman–Crippen MR) is 84.5 cm³/mol. The van der Waals surface area contributed by atoms with Gasteiger partial charge in [0, 0.05) is 32.8 Å². The first-order valence-electron chi connectivity index (χ1n) is 6.46. The van der Waals surface area contributed by atoms with Gasteiger partial charge in [-0.25, -0.2) is 0 Å². The van der Waals surface area contributed by atoms with E-state index in [1.54, 1.807) is 11.8 Å². The lowest BCUT2D eigenvalue weighted by molar-refractivity contribution is -0.154. The zero-order chi connectivity index (χ0) is 14.8. The van der Waals surface area contributed by atoms with Gasteiger partial charge in [-0.05, 0) is 39.0 Å². The van der Waals surface area contributed by atoms with Gasteiger partial charge < -0.3 is 9.72 Å². The van der Waals surface area contributed by atoms with E-state index in [1.165, 1.54) is 0 Å². The highest BCUT2D eigenvalue weighted by molar-refractivity contribution is 7.99. The molecule has 0 fully saturated rings. The van der Waals surface area contributed by atoms with E-state index in [4.69, 9.17) is 16.3 Å². The van der Waals surface area contributed by atoms with Gasteiger partial charge in [0.05, 0.1) is 6.42 Å². The normalized spacial score (nSPS) is 11.8. The Hall–Kier alpha value is -1.13. The number of halogens is 1. The van der Waals surface area contributed by atoms with Crippen LogP contribution < -0.4 is 0 Å². The Kier molecular flexibility index (Phi) is 4.66. The maximum absolute atomic E-state index is 11.6. The molecule has 1 N–H and O–H groups in total. The molecule has 0 spiro atoms. The molecule has 0 unspecified atom stereocenters. The van der Waals surface area contributed by atoms with Crippen molar-refractivity contribution in [2.45, 2.75) is 37.7 Å². The van der Waals surface area contributed by atoms with Crippen LogP contribution in [0, 0.1) is 0 Å². The van der Waals surface area contributed by atoms with Crippen LogP contribution in [0.25, 0.3) is 10.9 Å². The Morgan fingerprint density at radius 3 is 2.85 bits per heavy atom. The van der Waals surface area contributed by atoms with Gasteiger partial charge in [0.15, 0.2) is 0 Å². The monoisotopic (exact) mass is 311 g/mol. The maximum Gasteiger partial charge on any atom is 0.307 e. The summed E-state index contributed by atoms with van der Waals surface area (Å²) in [5, 5.41) is 1.80. The summed E-state index contributed by atoms with van der Waals surface area (Å²) < 4.78 is 5.28. The standard InChI is InChI=1S/C15H18ClNO2S/c1-15(2,3)19-14(18)6-7-20-13-9-17-12-5-4-10(16)8-11(12)13/h4-5,8-9,17H,6-7H2,1-3H3. The van der Waals surface area contributed by atoms with Crippen molar-refractivity contribution in [1.29, 1.82) is 0 Å². The largest absolute Gasteiger partial charge is 0.460 e. The Labute approximate surface area is 128 Å². The Bertz CT molecular complexity index is 616. The molecule has 0 saturated heterocycles. The van der Waals surface area contributed by atoms with E-state index < -0.39 is 5.60 Å². The van der Waals surface area contributed by atoms with Crippen molar-refractivity contribution in [2.24, 2.45) is 0 Å². The van der Waals surface area contributed by atoms with Crippen molar-refractivity contribution >= 4 is 40.2 Å². The van der Waals surface area contributed by atoms with E-state index in [0.29, 0.717) is 17.2 Å². The molecule has 0 aliphatic heterocycles. The van der Waals surface area contributed by atoms with Crippen molar-refractivity contribution in [3.8, 4) is 0 Å². The van der Waals surface area contributed by atoms with E-state index in [9.17, 15) is 4.79 Å². The molecule has 1 aromatic heterocycles. The Balaban J connectivity index is 1.93. The average Bonchev–Trinajstić information content (AvgIpc) is 2.69. The highest BCUT2D eigenvalue weighted by Gasteiger charge is 2.16. The van der Waals surface area contributed by atoms with Crippen molar-refractivity contribution in [2.75, 3.05) is 5.75 Å². The minimum absolute atomic E-state index is 0.164. The predicted octanol–water partition coefficient (Wildman–Crippen LogP) is 4.65. The zero-order valence-electron chi connectivity index (χ0n) is 11.8. The van der Waals surface area contributed by atoms with Crippen LogP contribution in [-0.2, 0) is 9.53 Å². The van der Waals surface area contributed by atoms with Gasteiger partial charge >= 0.3 is 5.97 Å². The zero-order valence-corrected chi connectivity index (χ0v) is 13.4. The third-order valence-electron chi connectivity index (χ3n) is 2.59. The third kappa shape index (κ3) is 4.18. The summed E-state index contributed by atoms with van der Waals surface area (Å²) in [4.78, 5) is 15.9. The average molecular weight is 312 g/mol. The van der Waals surface area contributed by atoms with Crippen molar-refractivity contribution in [3.63, 3.8) is 0 Å². The second-order valence-corrected chi connectivity index (χ2v) is 7.10. The van der Waals surface area contributed by atoms with E-state index in [2.05, 4.69) is 4.98 Å². The second-order valence-electron chi connectivity index (χ2n) is 5.53. The van der Waals surface area contributed by atoms with Crippen molar-refractivity contribution in [1.82, 2.24) is 4.98 Å². The molecule has 20 heavy (non-hydrogen) atoms. The summed E-state index contributed by atoms with van der Waals surface area (Å²) in [7, 11) is 0. The summed E-state index contributed by atoms with van der Waals surface area (Å²) in [5.74, 6) is 0.525. The van der Waals surface area contributed by atoms with Gasteiger partial charge in [-0.15, -0.1) is 11.8 Å². The molecule has 5 heteroatoms. The van der Waals surface area contributed by atoms with Gasteiger partial charge in [-0.3, -0.25) is 4.79 Å². The van der Waals surface area contributed by atoms with Crippen molar-refractivity contribution < 1.29 is 9.53 Å². The van der Waals surface area contributed by atoms with Crippen LogP contribution in [-0.4, -0.2) is 22.3 Å². The summed E-state index contributed by atoms with van der Waals surface area (Å²) in [5.41, 5.74) is 0.630. The SMILES string of the molecule is CC(C)(C)OC(=O)CCSc1c[nH]c2ccc(Cl)cc12. The van der Waals surface area contributed by atoms with Gasteiger partial charge in [0.2, 0.25) is 0 Å². The fourth-order valence-corrected chi connectivity index (χ4v) is 2.95. The Morgan fingerprint density at radius 1 is 1.40 bits per heavy atom. The number of benzene rings is 1. The molecule has 0 amide bonds. The third-order valence-corrected chi connectivity index (χ3v) is 3.88. The Morgan fingerprint density at radius 2 is 2.15 bits per heavy atom. The molecule has 0 radical (unpaired) electrons. The minimum atomic E-state index is -0.421. The molecule has 0 aliphatic rings. The van der Waals surface area contributed by atoms with E-state index in [0.717, 1.165) is 15.8 Å². The second kappa shape index (κ2) is 6.10. The molecular formula is C15H18ClNO2S. The highest BCUT2D eigenvalue weighted by atomic mass is 35.5. The fraction of sp³-hybridized carbons (Fsp3) is 0.400. The topological polar surface area (TPSA) is 42.1 Å². The summed E-state index contributed by atoms with van der Waals surface area (Å²) in [6, 6.07) is 5.74. The molecule has 0 saturated carbocycles. The number of esters is 1. The number of aromatic amines is 1. The first-order chi connectivity index (χ1) is 9.35. The van der Waals surface area contributed by atoms with Gasteiger partial charge in [0.1, 0.15) is 5.60 Å². The van der Waals surface area contributed by atoms with Crippen LogP contribution in [0.5, 0.6) is 0 Å². The first kappa shape index (κ1) is 15.3. The smallest absolute Gasteiger partial charge is 0.307 e. The number of fused-ring (bicyclic) bond motifs is 1. The van der Waals surface area contributed by atoms with Gasteiger partial charge in [-0.1, -0.05) is 11.6 Å². The lowest BCUT2D eigenvalue weighted by atomic mass is 10.2. The molecular weight excluding hydrogens is 294 g/mol. The van der Waals surface area contributed by atoms with Crippen LogP contribution in [0.4, 0.5) is 0 Å². The molecule has 3 nitrogen and oxygen atoms in total. The number of carbonyl (C=O) groups excluding carboxylic acids is 1. The molecule has 1 heterocycles. The van der Waals surface area contributed by atoms with Crippen LogP contribution >= 0.6 is 23.4 Å². The van der Waals surface area contributed by atoms with Gasteiger partial charge in [0.25, 0.3) is 0 Å². The molecule has 2 aromatic rings. The maximum atomic E-state index is 11.6. The fourth-order valence-electron chi connectivity index (χ4n) is 1.82. The number of H-pyrrole nitrogens is 1. The number of rotatable bonds is 4. The number of aromatic nitrogens is 1. The van der Waals surface area contributed by atoms with Crippen LogP contribution in [0.1, 0.15) is 27.2 Å². The lowest BCUT2D eigenvalue weighted by Crippen LogP contribution is -2.23. The molecule has 1 aromatic carbocycles. The molecule has 2 rings (SSSR count). The quantitative estimate of drug-likeness (QED) is 0.660. The highest BCUT2D eigenvalue weighted by Crippen LogP contribution is 2.30. The van der Waals surface area contributed by atoms with Crippen LogP contribution in [0.15, 0.2) is 29.3 Å². The molecule has 108 valence electrons. The van der Waals surface area contributed by atoms with Crippen LogP contribution in [0.2, 0.25) is 5.02 Å².